The lowest BCUT2D eigenvalue weighted by atomic mass is 9.85. The summed E-state index contributed by atoms with van der Waals surface area (Å²) >= 11 is 3.47. The van der Waals surface area contributed by atoms with Gasteiger partial charge in [0.2, 0.25) is 0 Å². The Morgan fingerprint density at radius 3 is 2.39 bits per heavy atom. The van der Waals surface area contributed by atoms with Crippen LogP contribution in [0.15, 0.2) is 33.9 Å². The van der Waals surface area contributed by atoms with E-state index in [1.807, 2.05) is 13.0 Å². The fourth-order valence-electron chi connectivity index (χ4n) is 5.42. The van der Waals surface area contributed by atoms with Crippen molar-refractivity contribution in [1.82, 2.24) is 5.01 Å². The van der Waals surface area contributed by atoms with Crippen molar-refractivity contribution in [3.05, 3.63) is 34.3 Å². The summed E-state index contributed by atoms with van der Waals surface area (Å²) in [6, 6.07) is 3.61. The second-order valence-corrected chi connectivity index (χ2v) is 8.78. The minimum absolute atomic E-state index is 0.160. The van der Waals surface area contributed by atoms with Crippen molar-refractivity contribution < 1.29 is 19.1 Å². The molecule has 0 radical (unpaired) electrons. The molecule has 6 nitrogen and oxygen atoms in total. The molecule has 1 aromatic carbocycles. The average Bonchev–Trinajstić information content (AvgIpc) is 3.27. The third-order valence-electron chi connectivity index (χ3n) is 6.69. The first-order chi connectivity index (χ1) is 13.5. The van der Waals surface area contributed by atoms with Gasteiger partial charge in [-0.1, -0.05) is 12.2 Å². The number of ether oxygens (including phenoxy) is 2. The molecule has 1 heterocycles. The first-order valence-electron chi connectivity index (χ1n) is 9.62. The largest absolute Gasteiger partial charge is 0.492 e. The molecule has 1 saturated heterocycles. The van der Waals surface area contributed by atoms with Gasteiger partial charge in [-0.3, -0.25) is 9.59 Å². The maximum atomic E-state index is 13.0. The van der Waals surface area contributed by atoms with Gasteiger partial charge in [0.25, 0.3) is 11.8 Å². The third kappa shape index (κ3) is 2.28. The van der Waals surface area contributed by atoms with Crippen molar-refractivity contribution in [2.45, 2.75) is 19.8 Å². The second kappa shape index (κ2) is 6.17. The van der Waals surface area contributed by atoms with Crippen molar-refractivity contribution in [2.75, 3.05) is 13.7 Å². The monoisotopic (exact) mass is 444 g/mol. The van der Waals surface area contributed by atoms with E-state index < -0.39 is 0 Å². The molecule has 4 aliphatic rings. The number of fused-ring (bicyclic) bond motifs is 3. The van der Waals surface area contributed by atoms with Gasteiger partial charge in [0.15, 0.2) is 11.5 Å². The Morgan fingerprint density at radius 2 is 1.86 bits per heavy atom. The van der Waals surface area contributed by atoms with Crippen molar-refractivity contribution in [2.24, 2.45) is 34.2 Å². The molecule has 5 rings (SSSR count). The second-order valence-electron chi connectivity index (χ2n) is 7.92. The van der Waals surface area contributed by atoms with Crippen LogP contribution >= 0.6 is 15.9 Å². The van der Waals surface area contributed by atoms with Gasteiger partial charge in [0, 0.05) is 0 Å². The molecular weight excluding hydrogens is 424 g/mol. The van der Waals surface area contributed by atoms with Gasteiger partial charge < -0.3 is 9.47 Å². The highest BCUT2D eigenvalue weighted by Crippen LogP contribution is 2.73. The summed E-state index contributed by atoms with van der Waals surface area (Å²) in [6.07, 6.45) is 8.11. The number of amides is 2. The van der Waals surface area contributed by atoms with Crippen LogP contribution < -0.4 is 9.47 Å². The fourth-order valence-corrected chi connectivity index (χ4v) is 6.05. The maximum absolute atomic E-state index is 13.0. The van der Waals surface area contributed by atoms with Gasteiger partial charge in [-0.2, -0.15) is 10.1 Å². The molecule has 7 heteroatoms. The summed E-state index contributed by atoms with van der Waals surface area (Å²) in [5.74, 6) is 0.804. The summed E-state index contributed by atoms with van der Waals surface area (Å²) < 4.78 is 11.7. The topological polar surface area (TPSA) is 68.2 Å². The van der Waals surface area contributed by atoms with E-state index in [9.17, 15) is 9.59 Å². The minimum atomic E-state index is -0.233. The SMILES string of the molecule is CCOc1cc(/C=N\N2C(=O)[C@H]3[C@H](C2=O)[C@H]2C=C[C@H]3C23CC3)cc(Br)c1OC. The lowest BCUT2D eigenvalue weighted by Crippen LogP contribution is -2.30. The zero-order valence-corrected chi connectivity index (χ0v) is 17.3. The Balaban J connectivity index is 1.41. The van der Waals surface area contributed by atoms with Gasteiger partial charge in [0.05, 0.1) is 36.2 Å². The Morgan fingerprint density at radius 1 is 1.21 bits per heavy atom. The van der Waals surface area contributed by atoms with Crippen LogP contribution in [0.3, 0.4) is 0 Å². The zero-order valence-electron chi connectivity index (χ0n) is 15.7. The number of hydrazone groups is 1. The molecule has 0 aromatic heterocycles. The molecule has 3 aliphatic carbocycles. The molecule has 1 spiro atoms. The number of hydrogen-bond acceptors (Lipinski definition) is 5. The summed E-state index contributed by atoms with van der Waals surface area (Å²) in [5, 5.41) is 5.34. The van der Waals surface area contributed by atoms with Crippen LogP contribution in [0.2, 0.25) is 0 Å². The van der Waals surface area contributed by atoms with E-state index in [0.717, 1.165) is 22.3 Å². The van der Waals surface area contributed by atoms with E-state index in [-0.39, 0.29) is 40.9 Å². The minimum Gasteiger partial charge on any atom is -0.492 e. The zero-order chi connectivity index (χ0) is 19.6. The quantitative estimate of drug-likeness (QED) is 0.396. The molecule has 28 heavy (non-hydrogen) atoms. The molecule has 0 N–H and O–H groups in total. The number of halogens is 1. The molecule has 1 aliphatic heterocycles. The number of methoxy groups -OCH3 is 1. The van der Waals surface area contributed by atoms with Gasteiger partial charge in [-0.05, 0) is 70.6 Å². The summed E-state index contributed by atoms with van der Waals surface area (Å²) in [4.78, 5) is 25.9. The Kier molecular flexibility index (Phi) is 3.95. The molecule has 2 saturated carbocycles. The fraction of sp³-hybridized carbons (Fsp3) is 0.476. The van der Waals surface area contributed by atoms with Crippen LogP contribution in [-0.2, 0) is 9.59 Å². The van der Waals surface area contributed by atoms with E-state index in [1.165, 1.54) is 6.21 Å². The summed E-state index contributed by atoms with van der Waals surface area (Å²) in [5.41, 5.74) is 0.914. The Labute approximate surface area is 171 Å². The van der Waals surface area contributed by atoms with Crippen LogP contribution in [-0.4, -0.2) is 36.8 Å². The lowest BCUT2D eigenvalue weighted by molar-refractivity contribution is -0.141. The van der Waals surface area contributed by atoms with E-state index in [0.29, 0.717) is 23.7 Å². The van der Waals surface area contributed by atoms with Crippen molar-refractivity contribution in [3.63, 3.8) is 0 Å². The molecule has 4 atom stereocenters. The van der Waals surface area contributed by atoms with Gasteiger partial charge in [0.1, 0.15) is 0 Å². The number of rotatable bonds is 5. The standard InChI is InChI=1S/C21H21BrN2O4/c1-3-28-15-9-11(8-14(22)18(15)27-2)10-23-24-19(25)16-12-4-5-13(17(16)20(24)26)21(12)6-7-21/h4-5,8-10,12-13,16-17H,3,6-7H2,1-2H3/b23-10-/t12-,13-,16-,17-/m1/s1. The smallest absolute Gasteiger partial charge is 0.254 e. The molecular formula is C21H21BrN2O4. The Bertz CT molecular complexity index is 903. The normalized spacial score (nSPS) is 31.3. The van der Waals surface area contributed by atoms with Gasteiger partial charge in [-0.15, -0.1) is 0 Å². The predicted molar refractivity (Wildman–Crippen MR) is 106 cm³/mol. The number of imide groups is 1. The molecule has 3 fully saturated rings. The number of hydrogen-bond donors (Lipinski definition) is 0. The summed E-state index contributed by atoms with van der Waals surface area (Å²) in [7, 11) is 1.58. The molecule has 0 unspecified atom stereocenters. The number of carbonyl (C=O) groups excluding carboxylic acids is 2. The van der Waals surface area contributed by atoms with Crippen LogP contribution in [0.25, 0.3) is 0 Å². The number of nitrogens with zero attached hydrogens (tertiary/aromatic N) is 2. The molecule has 2 amide bonds. The van der Waals surface area contributed by atoms with Crippen LogP contribution in [0.4, 0.5) is 0 Å². The maximum Gasteiger partial charge on any atom is 0.254 e. The molecule has 2 bridgehead atoms. The number of carbonyl (C=O) groups is 2. The lowest BCUT2D eigenvalue weighted by Gasteiger charge is -2.18. The first kappa shape index (κ1) is 17.9. The van der Waals surface area contributed by atoms with E-state index in [2.05, 4.69) is 33.2 Å². The highest BCUT2D eigenvalue weighted by atomic mass is 79.9. The van der Waals surface area contributed by atoms with Crippen molar-refractivity contribution in [3.8, 4) is 11.5 Å². The molecule has 146 valence electrons. The molecule has 1 aromatic rings. The third-order valence-corrected chi connectivity index (χ3v) is 7.28. The average molecular weight is 445 g/mol. The highest BCUT2D eigenvalue weighted by molar-refractivity contribution is 9.10. The van der Waals surface area contributed by atoms with Crippen molar-refractivity contribution >= 4 is 34.0 Å². The Hall–Kier alpha value is -2.15. The number of benzene rings is 1. The first-order valence-corrected chi connectivity index (χ1v) is 10.4. The van der Waals surface area contributed by atoms with E-state index in [1.54, 1.807) is 13.2 Å². The van der Waals surface area contributed by atoms with Crippen LogP contribution in [0.1, 0.15) is 25.3 Å². The predicted octanol–water partition coefficient (Wildman–Crippen LogP) is 3.39. The highest BCUT2D eigenvalue weighted by Gasteiger charge is 2.73. The summed E-state index contributed by atoms with van der Waals surface area (Å²) in [6.45, 7) is 2.39. The van der Waals surface area contributed by atoms with E-state index >= 15 is 0 Å². The van der Waals surface area contributed by atoms with Crippen LogP contribution in [0, 0.1) is 29.1 Å². The van der Waals surface area contributed by atoms with E-state index in [4.69, 9.17) is 9.47 Å². The van der Waals surface area contributed by atoms with Crippen molar-refractivity contribution in [1.29, 1.82) is 0 Å². The van der Waals surface area contributed by atoms with Gasteiger partial charge in [-0.25, -0.2) is 0 Å². The van der Waals surface area contributed by atoms with Gasteiger partial charge >= 0.3 is 0 Å². The van der Waals surface area contributed by atoms with Crippen LogP contribution in [0.5, 0.6) is 11.5 Å². The number of allylic oxidation sites excluding steroid dienone is 2.